The van der Waals surface area contributed by atoms with Gasteiger partial charge in [0.25, 0.3) is 5.82 Å². The summed E-state index contributed by atoms with van der Waals surface area (Å²) in [7, 11) is 1.61. The number of nitrogens with zero attached hydrogens (tertiary/aromatic N) is 6. The average Bonchev–Trinajstić information content (AvgIpc) is 2.94. The van der Waals surface area contributed by atoms with E-state index in [4.69, 9.17) is 0 Å². The minimum atomic E-state index is -3.66. The maximum Gasteiger partial charge on any atom is 0.364 e. The lowest BCUT2D eigenvalue weighted by Crippen LogP contribution is -2.60. The molecule has 0 saturated carbocycles. The summed E-state index contributed by atoms with van der Waals surface area (Å²) < 4.78 is 48.1. The van der Waals surface area contributed by atoms with Crippen molar-refractivity contribution < 1.29 is 17.9 Å². The molecule has 1 atom stereocenters. The van der Waals surface area contributed by atoms with Crippen molar-refractivity contribution in [2.45, 2.75) is 38.7 Å². The predicted octanol–water partition coefficient (Wildman–Crippen LogP) is 4.35. The van der Waals surface area contributed by atoms with E-state index in [1.165, 1.54) is 16.9 Å². The van der Waals surface area contributed by atoms with Gasteiger partial charge in [0.1, 0.15) is 11.5 Å². The van der Waals surface area contributed by atoms with E-state index in [1.54, 1.807) is 25.4 Å². The molecule has 0 amide bonds. The molecule has 1 aromatic carbocycles. The number of alkyl halides is 2. The highest BCUT2D eigenvalue weighted by atomic mass is 19.3. The van der Waals surface area contributed by atoms with E-state index in [1.807, 2.05) is 6.08 Å². The molecule has 5 rings (SSSR count). The van der Waals surface area contributed by atoms with E-state index < -0.39 is 23.1 Å². The van der Waals surface area contributed by atoms with Crippen molar-refractivity contribution in [3.05, 3.63) is 53.6 Å². The van der Waals surface area contributed by atoms with Gasteiger partial charge in [-0.05, 0) is 37.0 Å². The van der Waals surface area contributed by atoms with E-state index in [0.29, 0.717) is 17.1 Å². The first-order valence-electron chi connectivity index (χ1n) is 10.5. The summed E-state index contributed by atoms with van der Waals surface area (Å²) in [5, 5.41) is 8.47. The third-order valence-electron chi connectivity index (χ3n) is 5.89. The minimum Gasteiger partial charge on any atom is -0.289 e. The molecule has 0 bridgehead atoms. The Labute approximate surface area is 182 Å². The number of fused-ring (bicyclic) bond motifs is 2. The van der Waals surface area contributed by atoms with E-state index >= 15 is 8.78 Å². The molecule has 4 heterocycles. The molecule has 2 aromatic heterocycles. The number of hydrogen-bond donors (Lipinski definition) is 0. The average molecular weight is 439 g/mol. The highest BCUT2D eigenvalue weighted by molar-refractivity contribution is 6.09. The Morgan fingerprint density at radius 2 is 2.00 bits per heavy atom. The second-order valence-corrected chi connectivity index (χ2v) is 8.49. The van der Waals surface area contributed by atoms with Crippen molar-refractivity contribution in [2.75, 3.05) is 0 Å². The quantitative estimate of drug-likeness (QED) is 0.568. The van der Waals surface area contributed by atoms with E-state index in [0.717, 1.165) is 29.2 Å². The second kappa shape index (κ2) is 7.36. The Balaban J connectivity index is 1.49. The second-order valence-electron chi connectivity index (χ2n) is 8.49. The van der Waals surface area contributed by atoms with Crippen LogP contribution in [-0.2, 0) is 13.0 Å². The maximum atomic E-state index is 15.4. The first kappa shape index (κ1) is 20.5. The third kappa shape index (κ3) is 3.23. The van der Waals surface area contributed by atoms with Crippen LogP contribution < -0.4 is 4.68 Å². The Kier molecular flexibility index (Phi) is 4.72. The Bertz CT molecular complexity index is 1320. The summed E-state index contributed by atoms with van der Waals surface area (Å²) in [6, 6.07) is 6.02. The molecule has 0 spiro atoms. The fourth-order valence-electron chi connectivity index (χ4n) is 4.06. The lowest BCUT2D eigenvalue weighted by Gasteiger charge is -2.21. The van der Waals surface area contributed by atoms with Crippen LogP contribution in [0.25, 0.3) is 16.5 Å². The monoisotopic (exact) mass is 439 g/mol. The number of hydrogen-bond acceptors (Lipinski definition) is 4. The Morgan fingerprint density at radius 1 is 1.19 bits per heavy atom. The summed E-state index contributed by atoms with van der Waals surface area (Å²) in [5.41, 5.74) is 0.860. The van der Waals surface area contributed by atoms with Crippen molar-refractivity contribution >= 4 is 34.3 Å². The molecule has 0 aliphatic carbocycles. The predicted molar refractivity (Wildman–Crippen MR) is 116 cm³/mol. The summed E-state index contributed by atoms with van der Waals surface area (Å²) >= 11 is 0. The smallest absolute Gasteiger partial charge is 0.289 e. The van der Waals surface area contributed by atoms with E-state index in [2.05, 4.69) is 34.0 Å². The molecule has 1 unspecified atom stereocenters. The van der Waals surface area contributed by atoms with Crippen LogP contribution >= 0.6 is 0 Å². The molecule has 0 fully saturated rings. The topological polar surface area (TPSA) is 59.3 Å². The normalized spacial score (nSPS) is 18.3. The van der Waals surface area contributed by atoms with E-state index in [9.17, 15) is 4.39 Å². The van der Waals surface area contributed by atoms with Crippen LogP contribution in [-0.4, -0.2) is 33.0 Å². The molecule has 6 nitrogen and oxygen atoms in total. The van der Waals surface area contributed by atoms with Crippen molar-refractivity contribution in [1.82, 2.24) is 14.9 Å². The van der Waals surface area contributed by atoms with Crippen LogP contribution in [0, 0.1) is 11.7 Å². The van der Waals surface area contributed by atoms with Crippen LogP contribution in [0.4, 0.5) is 19.0 Å². The number of allylic oxidation sites excluding steroid dienone is 2. The van der Waals surface area contributed by atoms with Gasteiger partial charge in [-0.25, -0.2) is 4.39 Å². The molecule has 2 aliphatic rings. The SMILES string of the molecule is CC(C)C1CCC=C(c2ccc3[n+](n2)C(C(F)(F)c2ccc4nn(C)cc4c2F)=N3)C=N1. The van der Waals surface area contributed by atoms with Crippen LogP contribution in [0.1, 0.15) is 37.9 Å². The number of rotatable bonds is 4. The van der Waals surface area contributed by atoms with Crippen molar-refractivity contribution in [2.24, 2.45) is 23.0 Å². The van der Waals surface area contributed by atoms with Crippen LogP contribution in [0.2, 0.25) is 0 Å². The van der Waals surface area contributed by atoms with Gasteiger partial charge in [-0.2, -0.15) is 13.9 Å². The lowest BCUT2D eigenvalue weighted by molar-refractivity contribution is -0.633. The lowest BCUT2D eigenvalue weighted by atomic mass is 10.0. The number of aromatic nitrogens is 4. The molecular formula is C23H22F3N6+. The number of aliphatic imine (C=N–C) groups is 2. The molecule has 0 N–H and O–H groups in total. The number of halogens is 3. The van der Waals surface area contributed by atoms with Gasteiger partial charge in [-0.1, -0.05) is 29.6 Å². The van der Waals surface area contributed by atoms with Gasteiger partial charge in [0, 0.05) is 31.1 Å². The highest BCUT2D eigenvalue weighted by Gasteiger charge is 2.52. The van der Waals surface area contributed by atoms with Crippen LogP contribution in [0.3, 0.4) is 0 Å². The number of aryl methyl sites for hydroxylation is 1. The largest absolute Gasteiger partial charge is 0.364 e. The molecule has 3 aromatic rings. The van der Waals surface area contributed by atoms with Gasteiger partial charge in [-0.3, -0.25) is 9.67 Å². The standard InChI is InChI=1S/C23H22F3N6/c1-13(2)17-6-4-5-14(11-27-17)18-9-10-20-28-22(32(20)30-18)23(25,26)16-7-8-19-15(21(16)24)12-31(3)29-19/h5,7-13,17H,4,6H2,1-3H3/q+1. The zero-order valence-electron chi connectivity index (χ0n) is 17.9. The van der Waals surface area contributed by atoms with Gasteiger partial charge in [-0.15, -0.1) is 5.10 Å². The summed E-state index contributed by atoms with van der Waals surface area (Å²) in [6.45, 7) is 4.25. The molecule has 0 radical (unpaired) electrons. The molecule has 2 aliphatic heterocycles. The molecule has 9 heteroatoms. The van der Waals surface area contributed by atoms with Crippen LogP contribution in [0.5, 0.6) is 0 Å². The van der Waals surface area contributed by atoms with Crippen molar-refractivity contribution in [3.8, 4) is 0 Å². The molecule has 164 valence electrons. The third-order valence-corrected chi connectivity index (χ3v) is 5.89. The fraction of sp³-hybridized carbons (Fsp3) is 0.348. The van der Waals surface area contributed by atoms with Gasteiger partial charge in [0.2, 0.25) is 0 Å². The minimum absolute atomic E-state index is 0.0380. The summed E-state index contributed by atoms with van der Waals surface area (Å²) in [6.07, 6.45) is 6.92. The first-order chi connectivity index (χ1) is 15.3. The fourth-order valence-corrected chi connectivity index (χ4v) is 4.06. The van der Waals surface area contributed by atoms with Gasteiger partial charge >= 0.3 is 11.8 Å². The zero-order valence-corrected chi connectivity index (χ0v) is 17.9. The van der Waals surface area contributed by atoms with Gasteiger partial charge in [0.15, 0.2) is 0 Å². The summed E-state index contributed by atoms with van der Waals surface area (Å²) in [5.74, 6) is -4.57. The zero-order chi connectivity index (χ0) is 22.6. The van der Waals surface area contributed by atoms with Crippen molar-refractivity contribution in [3.63, 3.8) is 0 Å². The van der Waals surface area contributed by atoms with Crippen molar-refractivity contribution in [1.29, 1.82) is 0 Å². The van der Waals surface area contributed by atoms with Crippen LogP contribution in [0.15, 0.2) is 46.5 Å². The first-order valence-corrected chi connectivity index (χ1v) is 10.5. The highest BCUT2D eigenvalue weighted by Crippen LogP contribution is 2.37. The number of benzene rings is 1. The molecule has 32 heavy (non-hydrogen) atoms. The maximum absolute atomic E-state index is 15.4. The van der Waals surface area contributed by atoms with E-state index in [-0.39, 0.29) is 17.2 Å². The summed E-state index contributed by atoms with van der Waals surface area (Å²) in [4.78, 5) is 8.56. The molecule has 0 saturated heterocycles. The molecular weight excluding hydrogens is 417 g/mol. The Morgan fingerprint density at radius 3 is 2.78 bits per heavy atom. The van der Waals surface area contributed by atoms with Gasteiger partial charge < -0.3 is 0 Å². The Hall–Kier alpha value is -3.36. The van der Waals surface area contributed by atoms with Gasteiger partial charge in [0.05, 0.1) is 22.5 Å².